The highest BCUT2D eigenvalue weighted by Crippen LogP contribution is 2.25. The molecule has 8 heteroatoms. The van der Waals surface area contributed by atoms with Gasteiger partial charge in [0.1, 0.15) is 5.75 Å². The Morgan fingerprint density at radius 3 is 2.54 bits per heavy atom. The molecule has 0 bridgehead atoms. The SMILES string of the molecule is COc1ccc(-c2nc(-c3ccc4c(c3)[nH]c(=O)c(=O)n4C)no2)cc1. The van der Waals surface area contributed by atoms with Crippen LogP contribution in [-0.2, 0) is 7.05 Å². The number of fused-ring (bicyclic) bond motifs is 1. The van der Waals surface area contributed by atoms with Crippen LogP contribution in [0.3, 0.4) is 0 Å². The second-order valence-electron chi connectivity index (χ2n) is 5.70. The molecule has 0 radical (unpaired) electrons. The first-order chi connectivity index (χ1) is 12.6. The number of rotatable bonds is 3. The monoisotopic (exact) mass is 350 g/mol. The van der Waals surface area contributed by atoms with Crippen LogP contribution < -0.4 is 15.9 Å². The lowest BCUT2D eigenvalue weighted by atomic mass is 10.1. The standard InChI is InChI=1S/C18H14N4O4/c1-22-14-8-5-11(9-13(14)19-16(23)18(22)24)15-20-17(26-21-15)10-3-6-12(25-2)7-4-10/h3-9H,1-2H3,(H,19,23). The van der Waals surface area contributed by atoms with Crippen LogP contribution in [0.2, 0.25) is 0 Å². The van der Waals surface area contributed by atoms with Gasteiger partial charge in [0.05, 0.1) is 18.1 Å². The molecule has 2 heterocycles. The number of H-pyrrole nitrogens is 1. The van der Waals surface area contributed by atoms with E-state index in [4.69, 9.17) is 9.26 Å². The molecular weight excluding hydrogens is 336 g/mol. The number of aromatic nitrogens is 4. The van der Waals surface area contributed by atoms with E-state index in [0.29, 0.717) is 28.3 Å². The van der Waals surface area contributed by atoms with Gasteiger partial charge in [0.2, 0.25) is 5.82 Å². The molecule has 0 atom stereocenters. The van der Waals surface area contributed by atoms with Crippen molar-refractivity contribution in [2.75, 3.05) is 7.11 Å². The quantitative estimate of drug-likeness (QED) is 0.567. The minimum Gasteiger partial charge on any atom is -0.497 e. The predicted molar refractivity (Wildman–Crippen MR) is 95.1 cm³/mol. The van der Waals surface area contributed by atoms with Crippen LogP contribution >= 0.6 is 0 Å². The number of nitrogens with zero attached hydrogens (tertiary/aromatic N) is 3. The number of nitrogens with one attached hydrogen (secondary N) is 1. The van der Waals surface area contributed by atoms with Crippen molar-refractivity contribution >= 4 is 11.0 Å². The van der Waals surface area contributed by atoms with Crippen molar-refractivity contribution in [3.05, 3.63) is 63.2 Å². The molecule has 0 aliphatic rings. The summed E-state index contributed by atoms with van der Waals surface area (Å²) in [6.45, 7) is 0. The summed E-state index contributed by atoms with van der Waals surface area (Å²) in [5, 5.41) is 4.00. The van der Waals surface area contributed by atoms with Crippen LogP contribution in [0.4, 0.5) is 0 Å². The van der Waals surface area contributed by atoms with E-state index >= 15 is 0 Å². The zero-order chi connectivity index (χ0) is 18.3. The summed E-state index contributed by atoms with van der Waals surface area (Å²) >= 11 is 0. The van der Waals surface area contributed by atoms with E-state index in [-0.39, 0.29) is 0 Å². The number of aromatic amines is 1. The molecule has 2 aromatic carbocycles. The van der Waals surface area contributed by atoms with E-state index in [1.54, 1.807) is 44.5 Å². The van der Waals surface area contributed by atoms with Crippen molar-refractivity contribution in [1.82, 2.24) is 19.7 Å². The lowest BCUT2D eigenvalue weighted by molar-refractivity contribution is 0.414. The zero-order valence-electron chi connectivity index (χ0n) is 14.0. The van der Waals surface area contributed by atoms with Gasteiger partial charge in [-0.15, -0.1) is 0 Å². The maximum absolute atomic E-state index is 11.7. The Morgan fingerprint density at radius 2 is 1.81 bits per heavy atom. The van der Waals surface area contributed by atoms with Gasteiger partial charge in [0.15, 0.2) is 0 Å². The van der Waals surface area contributed by atoms with Crippen molar-refractivity contribution in [3.8, 4) is 28.6 Å². The van der Waals surface area contributed by atoms with E-state index < -0.39 is 11.1 Å². The number of hydrogen-bond acceptors (Lipinski definition) is 6. The second kappa shape index (κ2) is 5.99. The first-order valence-electron chi connectivity index (χ1n) is 7.78. The van der Waals surface area contributed by atoms with E-state index in [1.807, 2.05) is 12.1 Å². The van der Waals surface area contributed by atoms with Crippen LogP contribution in [0.25, 0.3) is 33.9 Å². The predicted octanol–water partition coefficient (Wildman–Crippen LogP) is 1.95. The van der Waals surface area contributed by atoms with Crippen molar-refractivity contribution in [1.29, 1.82) is 0 Å². The summed E-state index contributed by atoms with van der Waals surface area (Å²) in [6, 6.07) is 12.5. The molecule has 130 valence electrons. The highest BCUT2D eigenvalue weighted by molar-refractivity contribution is 5.80. The molecule has 8 nitrogen and oxygen atoms in total. The summed E-state index contributed by atoms with van der Waals surface area (Å²) < 4.78 is 11.8. The number of ether oxygens (including phenoxy) is 1. The molecule has 1 N–H and O–H groups in total. The van der Waals surface area contributed by atoms with Crippen molar-refractivity contribution in [2.45, 2.75) is 0 Å². The van der Waals surface area contributed by atoms with Gasteiger partial charge in [0.25, 0.3) is 5.89 Å². The Morgan fingerprint density at radius 1 is 1.08 bits per heavy atom. The van der Waals surface area contributed by atoms with Gasteiger partial charge in [-0.3, -0.25) is 9.59 Å². The first kappa shape index (κ1) is 15.8. The number of benzene rings is 2. The smallest absolute Gasteiger partial charge is 0.316 e. The molecular formula is C18H14N4O4. The van der Waals surface area contributed by atoms with Crippen LogP contribution in [0.5, 0.6) is 5.75 Å². The minimum absolute atomic E-state index is 0.372. The van der Waals surface area contributed by atoms with Crippen molar-refractivity contribution in [3.63, 3.8) is 0 Å². The number of hydrogen-bond donors (Lipinski definition) is 1. The highest BCUT2D eigenvalue weighted by Gasteiger charge is 2.12. The third-order valence-electron chi connectivity index (χ3n) is 4.13. The first-order valence-corrected chi connectivity index (χ1v) is 7.78. The van der Waals surface area contributed by atoms with Crippen LogP contribution in [0.15, 0.2) is 56.6 Å². The zero-order valence-corrected chi connectivity index (χ0v) is 14.0. The van der Waals surface area contributed by atoms with Crippen molar-refractivity contribution in [2.24, 2.45) is 7.05 Å². The maximum Gasteiger partial charge on any atom is 0.316 e. The molecule has 0 unspecified atom stereocenters. The number of aryl methyl sites for hydroxylation is 1. The summed E-state index contributed by atoms with van der Waals surface area (Å²) in [4.78, 5) is 30.4. The van der Waals surface area contributed by atoms with Crippen molar-refractivity contribution < 1.29 is 9.26 Å². The fourth-order valence-corrected chi connectivity index (χ4v) is 2.70. The molecule has 0 spiro atoms. The Labute approximate surface area is 146 Å². The Kier molecular flexibility index (Phi) is 3.65. The molecule has 4 rings (SSSR count). The van der Waals surface area contributed by atoms with Gasteiger partial charge in [0, 0.05) is 18.2 Å². The largest absolute Gasteiger partial charge is 0.497 e. The van der Waals surface area contributed by atoms with Gasteiger partial charge < -0.3 is 18.8 Å². The third kappa shape index (κ3) is 2.57. The van der Waals surface area contributed by atoms with Crippen LogP contribution in [-0.4, -0.2) is 26.8 Å². The van der Waals surface area contributed by atoms with Gasteiger partial charge in [-0.1, -0.05) is 5.16 Å². The Balaban J connectivity index is 1.76. The van der Waals surface area contributed by atoms with E-state index in [0.717, 1.165) is 11.3 Å². The molecule has 0 aliphatic heterocycles. The fraction of sp³-hybridized carbons (Fsp3) is 0.111. The summed E-state index contributed by atoms with van der Waals surface area (Å²) in [6.07, 6.45) is 0. The van der Waals surface area contributed by atoms with Crippen LogP contribution in [0, 0.1) is 0 Å². The molecule has 0 amide bonds. The average molecular weight is 350 g/mol. The van der Waals surface area contributed by atoms with Gasteiger partial charge in [-0.05, 0) is 42.5 Å². The molecule has 0 aliphatic carbocycles. The summed E-state index contributed by atoms with van der Waals surface area (Å²) in [5.41, 5.74) is 1.27. The van der Waals surface area contributed by atoms with Gasteiger partial charge in [-0.2, -0.15) is 4.98 Å². The van der Waals surface area contributed by atoms with Gasteiger partial charge in [-0.25, -0.2) is 0 Å². The topological polar surface area (TPSA) is 103 Å². The van der Waals surface area contributed by atoms with Crippen LogP contribution in [0.1, 0.15) is 0 Å². The summed E-state index contributed by atoms with van der Waals surface area (Å²) in [7, 11) is 3.15. The molecule has 4 aromatic rings. The lowest BCUT2D eigenvalue weighted by Gasteiger charge is -2.04. The molecule has 0 saturated heterocycles. The molecule has 0 saturated carbocycles. The fourth-order valence-electron chi connectivity index (χ4n) is 2.70. The van der Waals surface area contributed by atoms with E-state index in [1.165, 1.54) is 4.57 Å². The summed E-state index contributed by atoms with van der Waals surface area (Å²) in [5.74, 6) is 1.49. The van der Waals surface area contributed by atoms with Gasteiger partial charge >= 0.3 is 11.1 Å². The average Bonchev–Trinajstić information content (AvgIpc) is 3.16. The maximum atomic E-state index is 11.7. The molecule has 2 aromatic heterocycles. The Bertz CT molecular complexity index is 1220. The second-order valence-corrected chi connectivity index (χ2v) is 5.70. The normalized spacial score (nSPS) is 11.0. The lowest BCUT2D eigenvalue weighted by Crippen LogP contribution is -2.34. The highest BCUT2D eigenvalue weighted by atomic mass is 16.5. The Hall–Kier alpha value is -3.68. The number of methoxy groups -OCH3 is 1. The minimum atomic E-state index is -0.677. The molecule has 26 heavy (non-hydrogen) atoms. The third-order valence-corrected chi connectivity index (χ3v) is 4.13. The van der Waals surface area contributed by atoms with E-state index in [9.17, 15) is 9.59 Å². The van der Waals surface area contributed by atoms with E-state index in [2.05, 4.69) is 15.1 Å². The molecule has 0 fully saturated rings.